The van der Waals surface area contributed by atoms with Crippen molar-refractivity contribution in [1.82, 2.24) is 10.8 Å². The van der Waals surface area contributed by atoms with Gasteiger partial charge in [0, 0.05) is 17.5 Å². The Labute approximate surface area is 344 Å². The lowest BCUT2D eigenvalue weighted by Crippen LogP contribution is -2.47. The molecule has 326 valence electrons. The maximum atomic E-state index is 13.5. The van der Waals surface area contributed by atoms with E-state index in [-0.39, 0.29) is 47.4 Å². The van der Waals surface area contributed by atoms with Gasteiger partial charge < -0.3 is 29.8 Å². The molecule has 0 bridgehead atoms. The van der Waals surface area contributed by atoms with Crippen LogP contribution in [0, 0.1) is 52.8 Å². The van der Waals surface area contributed by atoms with Gasteiger partial charge in [-0.05, 0) is 132 Å². The first-order chi connectivity index (χ1) is 27.5. The zero-order valence-corrected chi connectivity index (χ0v) is 35.8. The molecule has 6 aliphatic carbocycles. The molecule has 0 radical (unpaired) electrons. The van der Waals surface area contributed by atoms with Crippen LogP contribution in [0.15, 0.2) is 0 Å². The van der Waals surface area contributed by atoms with Crippen LogP contribution in [0.5, 0.6) is 0 Å². The molecule has 6 saturated carbocycles. The second kappa shape index (κ2) is 22.2. The summed E-state index contributed by atoms with van der Waals surface area (Å²) in [5.74, 6) is -0.00608. The second-order valence-corrected chi connectivity index (χ2v) is 20.8. The SMILES string of the molecule is CC(C)(COC1CCC(NOCC2CC(CC3CCCCC3)CCC2C(=O)O)CC1)COC1CCC(NC(=O)C2CC(CC3CCCCC3)CCC2C(=O)O)CC1. The molecule has 0 aromatic rings. The van der Waals surface area contributed by atoms with Crippen LogP contribution >= 0.6 is 0 Å². The van der Waals surface area contributed by atoms with Crippen molar-refractivity contribution < 1.29 is 38.9 Å². The summed E-state index contributed by atoms with van der Waals surface area (Å²) in [4.78, 5) is 43.8. The highest BCUT2D eigenvalue weighted by atomic mass is 16.6. The van der Waals surface area contributed by atoms with E-state index < -0.39 is 23.8 Å². The number of carboxylic acid groups (broad SMARTS) is 2. The van der Waals surface area contributed by atoms with E-state index in [9.17, 15) is 24.6 Å². The molecular formula is C47H80N2O8. The maximum absolute atomic E-state index is 13.5. The average molecular weight is 801 g/mol. The van der Waals surface area contributed by atoms with Crippen LogP contribution in [0.2, 0.25) is 0 Å². The molecule has 0 aliphatic heterocycles. The van der Waals surface area contributed by atoms with E-state index in [0.29, 0.717) is 38.1 Å². The highest BCUT2D eigenvalue weighted by Crippen LogP contribution is 2.42. The lowest BCUT2D eigenvalue weighted by Gasteiger charge is -2.37. The number of carbonyl (C=O) groups excluding carboxylic acids is 1. The minimum Gasteiger partial charge on any atom is -0.481 e. The molecule has 6 rings (SSSR count). The Bertz CT molecular complexity index is 1230. The van der Waals surface area contributed by atoms with Gasteiger partial charge in [0.1, 0.15) is 0 Å². The fourth-order valence-corrected chi connectivity index (χ4v) is 12.0. The molecule has 0 saturated heterocycles. The smallest absolute Gasteiger partial charge is 0.307 e. The lowest BCUT2D eigenvalue weighted by atomic mass is 9.69. The standard InChI is InChI=1S/C47H80N2O8/c1-47(2,30-55-39-19-15-37(16-20-39)48-44(50)43-28-35(14-24-42(43)46(53)54)26-33-11-7-4-8-12-33)31-56-40-21-17-38(18-22-40)49-57-29-36-27-34(13-23-41(36)45(51)52)25-32-9-5-3-6-10-32/h32-43,49H,3-31H2,1-2H3,(H,48,50)(H,51,52)(H,53,54). The summed E-state index contributed by atoms with van der Waals surface area (Å²) < 4.78 is 12.9. The summed E-state index contributed by atoms with van der Waals surface area (Å²) in [5, 5.41) is 23.1. The molecule has 0 aromatic carbocycles. The molecule has 4 N–H and O–H groups in total. The van der Waals surface area contributed by atoms with Gasteiger partial charge in [-0.2, -0.15) is 5.48 Å². The zero-order valence-electron chi connectivity index (χ0n) is 35.8. The van der Waals surface area contributed by atoms with Gasteiger partial charge in [-0.1, -0.05) is 78.1 Å². The van der Waals surface area contributed by atoms with Crippen LogP contribution in [0.3, 0.4) is 0 Å². The van der Waals surface area contributed by atoms with E-state index in [2.05, 4.69) is 24.6 Å². The number of nitrogens with one attached hydrogen (secondary N) is 2. The first-order valence-electron chi connectivity index (χ1n) is 23.9. The molecule has 57 heavy (non-hydrogen) atoms. The van der Waals surface area contributed by atoms with E-state index in [1.165, 1.54) is 70.6 Å². The molecule has 1 amide bonds. The largest absolute Gasteiger partial charge is 0.481 e. The number of rotatable bonds is 18. The molecule has 6 aliphatic rings. The fourth-order valence-electron chi connectivity index (χ4n) is 12.0. The summed E-state index contributed by atoms with van der Waals surface area (Å²) in [5.41, 5.74) is 3.20. The minimum absolute atomic E-state index is 0.0398. The third-order valence-electron chi connectivity index (χ3n) is 15.5. The molecule has 6 fully saturated rings. The van der Waals surface area contributed by atoms with Crippen LogP contribution < -0.4 is 10.8 Å². The van der Waals surface area contributed by atoms with Crippen molar-refractivity contribution in [3.05, 3.63) is 0 Å². The van der Waals surface area contributed by atoms with Crippen molar-refractivity contribution in [2.24, 2.45) is 52.8 Å². The summed E-state index contributed by atoms with van der Waals surface area (Å²) in [6.45, 7) is 6.17. The first-order valence-corrected chi connectivity index (χ1v) is 23.9. The molecule has 0 aromatic heterocycles. The van der Waals surface area contributed by atoms with Crippen molar-refractivity contribution in [1.29, 1.82) is 0 Å². The van der Waals surface area contributed by atoms with Gasteiger partial charge in [0.25, 0.3) is 0 Å². The number of hydrogen-bond donors (Lipinski definition) is 4. The van der Waals surface area contributed by atoms with E-state index in [0.717, 1.165) is 102 Å². The van der Waals surface area contributed by atoms with E-state index in [4.69, 9.17) is 14.3 Å². The highest BCUT2D eigenvalue weighted by molar-refractivity contribution is 5.85. The first kappa shape index (κ1) is 44.8. The third kappa shape index (κ3) is 14.2. The van der Waals surface area contributed by atoms with Crippen LogP contribution in [0.4, 0.5) is 0 Å². The monoisotopic (exact) mass is 801 g/mol. The Kier molecular flexibility index (Phi) is 17.4. The Morgan fingerprint density at radius 1 is 0.544 bits per heavy atom. The summed E-state index contributed by atoms with van der Waals surface area (Å²) in [6, 6.07) is 0.365. The van der Waals surface area contributed by atoms with Gasteiger partial charge in [0.05, 0.1) is 49.8 Å². The maximum Gasteiger partial charge on any atom is 0.307 e. The van der Waals surface area contributed by atoms with Gasteiger partial charge >= 0.3 is 11.9 Å². The second-order valence-electron chi connectivity index (χ2n) is 20.8. The van der Waals surface area contributed by atoms with Crippen LogP contribution in [0.1, 0.15) is 181 Å². The van der Waals surface area contributed by atoms with Gasteiger partial charge in [0.2, 0.25) is 5.91 Å². The van der Waals surface area contributed by atoms with Gasteiger partial charge in [0.15, 0.2) is 0 Å². The van der Waals surface area contributed by atoms with Crippen molar-refractivity contribution in [2.45, 2.75) is 205 Å². The quantitative estimate of drug-likeness (QED) is 0.0997. The van der Waals surface area contributed by atoms with Crippen LogP contribution in [-0.4, -0.2) is 72.2 Å². The number of hydrogen-bond acceptors (Lipinski definition) is 7. The van der Waals surface area contributed by atoms with Crippen molar-refractivity contribution in [3.63, 3.8) is 0 Å². The number of hydroxylamine groups is 1. The van der Waals surface area contributed by atoms with Gasteiger partial charge in [-0.15, -0.1) is 0 Å². The average Bonchev–Trinajstić information content (AvgIpc) is 3.21. The molecule has 10 nitrogen and oxygen atoms in total. The summed E-state index contributed by atoms with van der Waals surface area (Å²) in [7, 11) is 0. The molecular weight excluding hydrogens is 721 g/mol. The molecule has 6 atom stereocenters. The van der Waals surface area contributed by atoms with Crippen LogP contribution in [-0.2, 0) is 28.7 Å². The molecule has 10 heteroatoms. The number of ether oxygens (including phenoxy) is 2. The Morgan fingerprint density at radius 2 is 1.04 bits per heavy atom. The summed E-state index contributed by atoms with van der Waals surface area (Å²) in [6.07, 6.45) is 28.7. The summed E-state index contributed by atoms with van der Waals surface area (Å²) >= 11 is 0. The fraction of sp³-hybridized carbons (Fsp3) is 0.936. The molecule has 0 heterocycles. The minimum atomic E-state index is -0.815. The lowest BCUT2D eigenvalue weighted by molar-refractivity contribution is -0.150. The van der Waals surface area contributed by atoms with E-state index in [1.807, 2.05) is 0 Å². The van der Waals surface area contributed by atoms with Crippen LogP contribution in [0.25, 0.3) is 0 Å². The van der Waals surface area contributed by atoms with Gasteiger partial charge in [-0.25, -0.2) is 0 Å². The normalized spacial score (nSPS) is 35.1. The molecule has 0 spiro atoms. The predicted molar refractivity (Wildman–Crippen MR) is 221 cm³/mol. The number of carbonyl (C=O) groups is 3. The van der Waals surface area contributed by atoms with E-state index in [1.54, 1.807) is 0 Å². The van der Waals surface area contributed by atoms with Crippen molar-refractivity contribution in [2.75, 3.05) is 19.8 Å². The third-order valence-corrected chi connectivity index (χ3v) is 15.5. The van der Waals surface area contributed by atoms with Crippen molar-refractivity contribution in [3.8, 4) is 0 Å². The van der Waals surface area contributed by atoms with Gasteiger partial charge in [-0.3, -0.25) is 14.4 Å². The topological polar surface area (TPSA) is 143 Å². The van der Waals surface area contributed by atoms with E-state index >= 15 is 0 Å². The molecule has 6 unspecified atom stereocenters. The number of carboxylic acids is 2. The number of aliphatic carboxylic acids is 2. The Balaban J connectivity index is 0.830. The predicted octanol–water partition coefficient (Wildman–Crippen LogP) is 9.48. The Morgan fingerprint density at radius 3 is 1.56 bits per heavy atom. The highest BCUT2D eigenvalue weighted by Gasteiger charge is 2.41. The zero-order chi connectivity index (χ0) is 40.2. The Hall–Kier alpha value is -1.75. The number of amides is 1. The van der Waals surface area contributed by atoms with Crippen molar-refractivity contribution >= 4 is 17.8 Å².